The van der Waals surface area contributed by atoms with Gasteiger partial charge in [0, 0.05) is 30.3 Å². The van der Waals surface area contributed by atoms with Crippen molar-refractivity contribution < 1.29 is 17.8 Å². The van der Waals surface area contributed by atoms with Gasteiger partial charge in [-0.25, -0.2) is 8.42 Å². The Balaban J connectivity index is 1.65. The number of fused-ring (bicyclic) bond motifs is 1. The van der Waals surface area contributed by atoms with Crippen LogP contribution in [0.2, 0.25) is 18.1 Å². The normalized spacial score (nSPS) is 28.0. The molecule has 1 saturated heterocycles. The van der Waals surface area contributed by atoms with E-state index in [1.54, 1.807) is 4.31 Å². The van der Waals surface area contributed by atoms with E-state index in [1.807, 2.05) is 0 Å². The lowest BCUT2D eigenvalue weighted by Crippen LogP contribution is -2.40. The highest BCUT2D eigenvalue weighted by Crippen LogP contribution is 2.48. The van der Waals surface area contributed by atoms with Crippen LogP contribution in [0.15, 0.2) is 29.2 Å². The Hall–Kier alpha value is -1.29. The predicted octanol–water partition coefficient (Wildman–Crippen LogP) is 3.52. The Kier molecular flexibility index (Phi) is 5.26. The average Bonchev–Trinajstić information content (AvgIpc) is 3.18. The molecular formula is C17H26N2O5SSi. The lowest BCUT2D eigenvalue weighted by Gasteiger charge is -2.32. The van der Waals surface area contributed by atoms with Gasteiger partial charge in [-0.1, -0.05) is 20.8 Å². The van der Waals surface area contributed by atoms with Crippen LogP contribution in [0.5, 0.6) is 0 Å². The Labute approximate surface area is 155 Å². The van der Waals surface area contributed by atoms with Crippen molar-refractivity contribution in [2.75, 3.05) is 0 Å². The van der Waals surface area contributed by atoms with Gasteiger partial charge in [0.1, 0.15) is 0 Å². The van der Waals surface area contributed by atoms with Crippen LogP contribution in [0.1, 0.15) is 33.6 Å². The molecule has 0 aromatic heterocycles. The van der Waals surface area contributed by atoms with E-state index < -0.39 is 23.3 Å². The van der Waals surface area contributed by atoms with Gasteiger partial charge in [0.05, 0.1) is 9.82 Å². The summed E-state index contributed by atoms with van der Waals surface area (Å²) in [4.78, 5) is 10.3. The summed E-state index contributed by atoms with van der Waals surface area (Å²) in [7, 11) is -5.26. The molecule has 1 heterocycles. The molecule has 0 amide bonds. The number of nitro groups is 1. The fourth-order valence-corrected chi connectivity index (χ4v) is 8.87. The maximum absolute atomic E-state index is 12.8. The number of non-ortho nitro benzene ring substituents is 1. The van der Waals surface area contributed by atoms with Gasteiger partial charge in [-0.05, 0) is 43.1 Å². The summed E-state index contributed by atoms with van der Waals surface area (Å²) in [6, 6.07) is 8.42. The second-order valence-electron chi connectivity index (χ2n) is 7.18. The van der Waals surface area contributed by atoms with Crippen molar-refractivity contribution in [3.05, 3.63) is 34.4 Å². The first-order chi connectivity index (χ1) is 12.3. The first-order valence-electron chi connectivity index (χ1n) is 9.23. The van der Waals surface area contributed by atoms with Crippen molar-refractivity contribution in [2.45, 2.75) is 74.8 Å². The highest BCUT2D eigenvalue weighted by molar-refractivity contribution is 7.89. The van der Waals surface area contributed by atoms with Crippen LogP contribution >= 0.6 is 0 Å². The van der Waals surface area contributed by atoms with E-state index >= 15 is 0 Å². The molecule has 0 radical (unpaired) electrons. The zero-order chi connectivity index (χ0) is 19.1. The smallest absolute Gasteiger partial charge is 0.269 e. The molecule has 1 aromatic rings. The molecule has 0 bridgehead atoms. The molecule has 7 nitrogen and oxygen atoms in total. The zero-order valence-corrected chi connectivity index (χ0v) is 17.2. The van der Waals surface area contributed by atoms with E-state index in [2.05, 4.69) is 20.8 Å². The van der Waals surface area contributed by atoms with Crippen LogP contribution in [-0.2, 0) is 14.4 Å². The van der Waals surface area contributed by atoms with Gasteiger partial charge in [-0.2, -0.15) is 4.31 Å². The molecule has 0 spiro atoms. The van der Waals surface area contributed by atoms with Gasteiger partial charge in [0.2, 0.25) is 10.0 Å². The number of piperidine rings is 1. The largest absolute Gasteiger partial charge is 0.414 e. The summed E-state index contributed by atoms with van der Waals surface area (Å²) in [5.41, 5.74) is -0.108. The van der Waals surface area contributed by atoms with E-state index in [1.165, 1.54) is 24.3 Å². The number of sulfonamides is 1. The van der Waals surface area contributed by atoms with Crippen LogP contribution in [-0.4, -0.2) is 44.2 Å². The zero-order valence-electron chi connectivity index (χ0n) is 15.4. The topological polar surface area (TPSA) is 89.5 Å². The van der Waals surface area contributed by atoms with E-state index in [9.17, 15) is 18.5 Å². The van der Waals surface area contributed by atoms with Gasteiger partial charge in [0.15, 0.2) is 8.32 Å². The van der Waals surface area contributed by atoms with Gasteiger partial charge < -0.3 is 4.43 Å². The Morgan fingerprint density at radius 2 is 1.62 bits per heavy atom. The van der Waals surface area contributed by atoms with Gasteiger partial charge in [-0.3, -0.25) is 10.1 Å². The molecule has 4 atom stereocenters. The van der Waals surface area contributed by atoms with Crippen molar-refractivity contribution in [1.29, 1.82) is 0 Å². The molecule has 2 unspecified atom stereocenters. The summed E-state index contributed by atoms with van der Waals surface area (Å²) >= 11 is 0. The van der Waals surface area contributed by atoms with Crippen LogP contribution in [0.25, 0.3) is 0 Å². The first kappa shape index (κ1) is 19.5. The highest BCUT2D eigenvalue weighted by atomic mass is 32.2. The van der Waals surface area contributed by atoms with Crippen LogP contribution < -0.4 is 0 Å². The number of hydrogen-bond donors (Lipinski definition) is 0. The molecule has 2 fully saturated rings. The number of rotatable bonds is 8. The SMILES string of the molecule is CC[Si](CC)(CC)OC1C[C@@H]2[C@H](C1)N2S(=O)(=O)c1ccc([N+](=O)[O-])cc1. The van der Waals surface area contributed by atoms with Crippen molar-refractivity contribution in [2.24, 2.45) is 0 Å². The molecule has 3 rings (SSSR count). The molecule has 1 aliphatic carbocycles. The van der Waals surface area contributed by atoms with Gasteiger partial charge in [-0.15, -0.1) is 0 Å². The summed E-state index contributed by atoms with van der Waals surface area (Å²) in [6.45, 7) is 6.58. The fraction of sp³-hybridized carbons (Fsp3) is 0.647. The minimum Gasteiger partial charge on any atom is -0.414 e. The van der Waals surface area contributed by atoms with Gasteiger partial charge >= 0.3 is 0 Å². The van der Waals surface area contributed by atoms with E-state index in [4.69, 9.17) is 4.43 Å². The molecule has 9 heteroatoms. The Morgan fingerprint density at radius 1 is 1.12 bits per heavy atom. The average molecular weight is 399 g/mol. The summed E-state index contributed by atoms with van der Waals surface area (Å²) in [6.07, 6.45) is 1.68. The lowest BCUT2D eigenvalue weighted by atomic mass is 10.3. The molecule has 1 aliphatic heterocycles. The molecule has 0 N–H and O–H groups in total. The molecule has 26 heavy (non-hydrogen) atoms. The molecular weight excluding hydrogens is 372 g/mol. The van der Waals surface area contributed by atoms with Crippen molar-refractivity contribution in [3.63, 3.8) is 0 Å². The Bertz CT molecular complexity index is 759. The number of nitrogens with zero attached hydrogens (tertiary/aromatic N) is 2. The minimum absolute atomic E-state index is 0.0115. The second-order valence-corrected chi connectivity index (χ2v) is 13.7. The van der Waals surface area contributed by atoms with E-state index in [0.717, 1.165) is 31.0 Å². The number of nitro benzene ring substituents is 1. The quantitative estimate of drug-likeness (QED) is 0.289. The molecule has 1 aromatic carbocycles. The molecule has 144 valence electrons. The number of hydrogen-bond acceptors (Lipinski definition) is 5. The van der Waals surface area contributed by atoms with E-state index in [0.29, 0.717) is 0 Å². The highest BCUT2D eigenvalue weighted by Gasteiger charge is 2.61. The monoisotopic (exact) mass is 398 g/mol. The van der Waals surface area contributed by atoms with Crippen molar-refractivity contribution in [3.8, 4) is 0 Å². The Morgan fingerprint density at radius 3 is 2.04 bits per heavy atom. The number of benzene rings is 1. The van der Waals surface area contributed by atoms with Crippen LogP contribution in [0.3, 0.4) is 0 Å². The third kappa shape index (κ3) is 3.33. The maximum atomic E-state index is 12.8. The second kappa shape index (κ2) is 7.03. The predicted molar refractivity (Wildman–Crippen MR) is 101 cm³/mol. The standard InChI is InChI=1S/C17H26N2O5SSi/c1-4-26(5-2,6-3)24-14-11-16-17(12-14)18(16)25(22,23)15-9-7-13(8-10-15)19(20)21/h7-10,14,16-17H,4-6,11-12H2,1-3H3/t14?,16-,17+,18?. The molecule has 1 saturated carbocycles. The van der Waals surface area contributed by atoms with E-state index in [-0.39, 0.29) is 28.8 Å². The summed E-state index contributed by atoms with van der Waals surface area (Å²) < 4.78 is 33.6. The third-order valence-electron chi connectivity index (χ3n) is 5.99. The minimum atomic E-state index is -3.58. The maximum Gasteiger partial charge on any atom is 0.269 e. The summed E-state index contributed by atoms with van der Waals surface area (Å²) in [5, 5.41) is 10.7. The fourth-order valence-electron chi connectivity index (χ4n) is 4.13. The van der Waals surface area contributed by atoms with Crippen LogP contribution in [0.4, 0.5) is 5.69 Å². The van der Waals surface area contributed by atoms with Crippen molar-refractivity contribution >= 4 is 24.0 Å². The summed E-state index contributed by atoms with van der Waals surface area (Å²) in [5.74, 6) is 0. The van der Waals surface area contributed by atoms with Gasteiger partial charge in [0.25, 0.3) is 5.69 Å². The lowest BCUT2D eigenvalue weighted by molar-refractivity contribution is -0.384. The first-order valence-corrected chi connectivity index (χ1v) is 13.2. The third-order valence-corrected chi connectivity index (χ3v) is 12.7. The van der Waals surface area contributed by atoms with Crippen LogP contribution in [0, 0.1) is 10.1 Å². The van der Waals surface area contributed by atoms with Crippen molar-refractivity contribution in [1.82, 2.24) is 4.31 Å². The molecule has 2 aliphatic rings.